The van der Waals surface area contributed by atoms with Crippen molar-refractivity contribution in [3.8, 4) is 5.75 Å². The summed E-state index contributed by atoms with van der Waals surface area (Å²) in [5.74, 6) is -0.896. The fourth-order valence-electron chi connectivity index (χ4n) is 4.58. The first kappa shape index (κ1) is 22.1. The molecule has 0 spiro atoms. The standard InChI is InChI=1S/C25H24F3NO3/c1-2-11-32-17-9-7-15(8-10-17)16-12-21-24(22(30)13-16)19(14-23(31)29-21)18-5-3-4-6-20(18)25(26,27)28/h3-10,16,19H,2,11-14H2,1H3,(H,29,31). The number of ether oxygens (including phenoxy) is 1. The minimum Gasteiger partial charge on any atom is -0.494 e. The van der Waals surface area contributed by atoms with Gasteiger partial charge in [-0.15, -0.1) is 0 Å². The van der Waals surface area contributed by atoms with Gasteiger partial charge in [-0.3, -0.25) is 9.59 Å². The second kappa shape index (κ2) is 8.81. The SMILES string of the molecule is CCCOc1ccc(C2CC(=O)C3=C(C2)NC(=O)CC3c2ccccc2C(F)(F)F)cc1. The van der Waals surface area contributed by atoms with Crippen molar-refractivity contribution in [1.82, 2.24) is 5.32 Å². The monoisotopic (exact) mass is 443 g/mol. The molecule has 4 rings (SSSR count). The Balaban J connectivity index is 1.66. The van der Waals surface area contributed by atoms with Crippen molar-refractivity contribution < 1.29 is 27.5 Å². The van der Waals surface area contributed by atoms with E-state index in [4.69, 9.17) is 4.74 Å². The Hall–Kier alpha value is -3.09. The van der Waals surface area contributed by atoms with Crippen molar-refractivity contribution in [2.24, 2.45) is 0 Å². The van der Waals surface area contributed by atoms with E-state index in [0.717, 1.165) is 23.8 Å². The number of ketones is 1. The highest BCUT2D eigenvalue weighted by atomic mass is 19.4. The summed E-state index contributed by atoms with van der Waals surface area (Å²) in [6.45, 7) is 2.64. The number of hydrogen-bond acceptors (Lipinski definition) is 3. The summed E-state index contributed by atoms with van der Waals surface area (Å²) < 4.78 is 46.4. The van der Waals surface area contributed by atoms with Gasteiger partial charge < -0.3 is 10.1 Å². The highest BCUT2D eigenvalue weighted by molar-refractivity contribution is 6.02. The maximum atomic E-state index is 13.6. The predicted octanol–water partition coefficient (Wildman–Crippen LogP) is 5.50. The van der Waals surface area contributed by atoms with E-state index in [1.165, 1.54) is 18.2 Å². The van der Waals surface area contributed by atoms with E-state index < -0.39 is 17.7 Å². The molecule has 0 radical (unpaired) electrons. The van der Waals surface area contributed by atoms with Gasteiger partial charge in [0, 0.05) is 30.0 Å². The molecule has 4 nitrogen and oxygen atoms in total. The number of halogens is 3. The molecular weight excluding hydrogens is 419 g/mol. The van der Waals surface area contributed by atoms with Gasteiger partial charge in [-0.1, -0.05) is 37.3 Å². The zero-order valence-corrected chi connectivity index (χ0v) is 17.7. The molecule has 0 fully saturated rings. The molecule has 1 aliphatic heterocycles. The molecule has 168 valence electrons. The first-order valence-corrected chi connectivity index (χ1v) is 10.7. The third kappa shape index (κ3) is 4.42. The molecule has 32 heavy (non-hydrogen) atoms. The summed E-state index contributed by atoms with van der Waals surface area (Å²) in [6, 6.07) is 12.7. The summed E-state index contributed by atoms with van der Waals surface area (Å²) in [6.07, 6.45) is -3.26. The third-order valence-electron chi connectivity index (χ3n) is 6.00. The Bertz CT molecular complexity index is 1060. The molecule has 0 saturated heterocycles. The van der Waals surface area contributed by atoms with Crippen LogP contribution in [0.2, 0.25) is 0 Å². The van der Waals surface area contributed by atoms with Crippen molar-refractivity contribution in [3.05, 3.63) is 76.5 Å². The average molecular weight is 443 g/mol. The molecule has 0 bridgehead atoms. The highest BCUT2D eigenvalue weighted by Crippen LogP contribution is 2.45. The van der Waals surface area contributed by atoms with Crippen molar-refractivity contribution in [2.75, 3.05) is 6.61 Å². The number of allylic oxidation sites excluding steroid dienone is 2. The quantitative estimate of drug-likeness (QED) is 0.664. The van der Waals surface area contributed by atoms with E-state index in [0.29, 0.717) is 24.3 Å². The largest absolute Gasteiger partial charge is 0.494 e. The number of carbonyl (C=O) groups is 2. The minimum atomic E-state index is -4.56. The number of carbonyl (C=O) groups excluding carboxylic acids is 2. The van der Waals surface area contributed by atoms with Crippen LogP contribution in [0.15, 0.2) is 59.8 Å². The van der Waals surface area contributed by atoms with Gasteiger partial charge >= 0.3 is 6.18 Å². The smallest absolute Gasteiger partial charge is 0.416 e. The lowest BCUT2D eigenvalue weighted by molar-refractivity contribution is -0.138. The van der Waals surface area contributed by atoms with Gasteiger partial charge in [0.25, 0.3) is 0 Å². The Morgan fingerprint density at radius 1 is 1.00 bits per heavy atom. The van der Waals surface area contributed by atoms with Gasteiger partial charge in [-0.05, 0) is 48.1 Å². The summed E-state index contributed by atoms with van der Waals surface area (Å²) in [4.78, 5) is 25.6. The number of benzene rings is 2. The van der Waals surface area contributed by atoms with Crippen LogP contribution in [-0.2, 0) is 15.8 Å². The number of amides is 1. The number of hydrogen-bond donors (Lipinski definition) is 1. The van der Waals surface area contributed by atoms with Crippen LogP contribution in [0.4, 0.5) is 13.2 Å². The van der Waals surface area contributed by atoms with E-state index >= 15 is 0 Å². The van der Waals surface area contributed by atoms with E-state index in [1.807, 2.05) is 31.2 Å². The van der Waals surface area contributed by atoms with Gasteiger partial charge in [0.15, 0.2) is 5.78 Å². The Morgan fingerprint density at radius 2 is 1.72 bits per heavy atom. The van der Waals surface area contributed by atoms with E-state index in [2.05, 4.69) is 5.32 Å². The summed E-state index contributed by atoms with van der Waals surface area (Å²) in [5.41, 5.74) is 0.854. The second-order valence-corrected chi connectivity index (χ2v) is 8.23. The van der Waals surface area contributed by atoms with Crippen LogP contribution in [0.1, 0.15) is 61.1 Å². The summed E-state index contributed by atoms with van der Waals surface area (Å²) in [5, 5.41) is 2.76. The lowest BCUT2D eigenvalue weighted by Crippen LogP contribution is -2.38. The van der Waals surface area contributed by atoms with Crippen molar-refractivity contribution >= 4 is 11.7 Å². The van der Waals surface area contributed by atoms with E-state index in [-0.39, 0.29) is 36.0 Å². The second-order valence-electron chi connectivity index (χ2n) is 8.23. The van der Waals surface area contributed by atoms with Crippen LogP contribution < -0.4 is 10.1 Å². The van der Waals surface area contributed by atoms with Gasteiger partial charge in [-0.2, -0.15) is 13.2 Å². The maximum absolute atomic E-state index is 13.6. The summed E-state index contributed by atoms with van der Waals surface area (Å²) in [7, 11) is 0. The number of Topliss-reactive ketones (excluding diaryl/α,β-unsaturated/α-hetero) is 1. The first-order chi connectivity index (χ1) is 15.3. The molecule has 2 aromatic rings. The lowest BCUT2D eigenvalue weighted by Gasteiger charge is -2.35. The molecule has 7 heteroatoms. The van der Waals surface area contributed by atoms with Crippen LogP contribution in [0.3, 0.4) is 0 Å². The zero-order valence-electron chi connectivity index (χ0n) is 17.7. The third-order valence-corrected chi connectivity index (χ3v) is 6.00. The molecule has 1 amide bonds. The normalized spacial score (nSPS) is 21.2. The molecule has 2 atom stereocenters. The van der Waals surface area contributed by atoms with Gasteiger partial charge in [0.1, 0.15) is 5.75 Å². The van der Waals surface area contributed by atoms with Crippen LogP contribution in [-0.4, -0.2) is 18.3 Å². The van der Waals surface area contributed by atoms with Gasteiger partial charge in [-0.25, -0.2) is 0 Å². The molecule has 1 heterocycles. The minimum absolute atomic E-state index is 0.0217. The molecule has 2 aromatic carbocycles. The Morgan fingerprint density at radius 3 is 2.41 bits per heavy atom. The Kier molecular flexibility index (Phi) is 6.09. The molecule has 2 unspecified atom stereocenters. The lowest BCUT2D eigenvalue weighted by atomic mass is 9.72. The van der Waals surface area contributed by atoms with Crippen molar-refractivity contribution in [3.63, 3.8) is 0 Å². The fourth-order valence-corrected chi connectivity index (χ4v) is 4.58. The molecule has 0 saturated carbocycles. The van der Waals surface area contributed by atoms with Gasteiger partial charge in [0.05, 0.1) is 12.2 Å². The van der Waals surface area contributed by atoms with Crippen molar-refractivity contribution in [2.45, 2.75) is 50.6 Å². The van der Waals surface area contributed by atoms with Gasteiger partial charge in [0.2, 0.25) is 5.91 Å². The zero-order chi connectivity index (χ0) is 22.9. The fraction of sp³-hybridized carbons (Fsp3) is 0.360. The number of nitrogens with one attached hydrogen (secondary N) is 1. The maximum Gasteiger partial charge on any atom is 0.416 e. The predicted molar refractivity (Wildman–Crippen MR) is 113 cm³/mol. The van der Waals surface area contributed by atoms with Crippen LogP contribution in [0, 0.1) is 0 Å². The van der Waals surface area contributed by atoms with Crippen LogP contribution >= 0.6 is 0 Å². The molecule has 0 aromatic heterocycles. The first-order valence-electron chi connectivity index (χ1n) is 10.7. The molecule has 1 N–H and O–H groups in total. The Labute approximate surface area is 184 Å². The van der Waals surface area contributed by atoms with Crippen molar-refractivity contribution in [1.29, 1.82) is 0 Å². The molecular formula is C25H24F3NO3. The average Bonchev–Trinajstić information content (AvgIpc) is 2.76. The molecule has 1 aliphatic carbocycles. The van der Waals surface area contributed by atoms with E-state index in [9.17, 15) is 22.8 Å². The number of rotatable bonds is 5. The van der Waals surface area contributed by atoms with Crippen LogP contribution in [0.25, 0.3) is 0 Å². The van der Waals surface area contributed by atoms with E-state index in [1.54, 1.807) is 0 Å². The van der Waals surface area contributed by atoms with Crippen LogP contribution in [0.5, 0.6) is 5.75 Å². The number of alkyl halides is 3. The highest BCUT2D eigenvalue weighted by Gasteiger charge is 2.42. The molecule has 2 aliphatic rings. The summed E-state index contributed by atoms with van der Waals surface area (Å²) >= 11 is 0. The topological polar surface area (TPSA) is 55.4 Å².